The number of ether oxygens (including phenoxy) is 2. The van der Waals surface area contributed by atoms with Crippen LogP contribution in [0.3, 0.4) is 0 Å². The summed E-state index contributed by atoms with van der Waals surface area (Å²) < 4.78 is 12.2. The third-order valence-corrected chi connectivity index (χ3v) is 4.33. The number of hydrogen-bond acceptors (Lipinski definition) is 3. The van der Waals surface area contributed by atoms with Crippen molar-refractivity contribution in [2.45, 2.75) is 50.9 Å². The molecule has 1 saturated heterocycles. The lowest BCUT2D eigenvalue weighted by molar-refractivity contribution is -0.124. The van der Waals surface area contributed by atoms with Crippen LogP contribution in [-0.4, -0.2) is 23.8 Å². The smallest absolute Gasteiger partial charge is 0.255 e. The van der Waals surface area contributed by atoms with Crippen molar-refractivity contribution in [3.05, 3.63) is 41.5 Å². The van der Waals surface area contributed by atoms with E-state index in [0.29, 0.717) is 12.2 Å². The molecule has 0 N–H and O–H groups in total. The topological polar surface area (TPSA) is 35.5 Å². The number of rotatable bonds is 4. The van der Waals surface area contributed by atoms with E-state index in [1.54, 1.807) is 6.08 Å². The highest BCUT2D eigenvalue weighted by molar-refractivity contribution is 6.08. The van der Waals surface area contributed by atoms with Gasteiger partial charge in [-0.3, -0.25) is 4.79 Å². The standard InChI is InChI=1S/C18H22O3/c1-3-10-17(11-4-2)13-20-18(21-17)12-9-14-7-5-6-8-15(14)16(18)19/h5-9,12H,3-4,10-11,13H2,1-2H3/t18-/m1/s1. The van der Waals surface area contributed by atoms with Crippen molar-refractivity contribution in [3.63, 3.8) is 0 Å². The summed E-state index contributed by atoms with van der Waals surface area (Å²) in [7, 11) is 0. The Morgan fingerprint density at radius 1 is 1.14 bits per heavy atom. The van der Waals surface area contributed by atoms with Gasteiger partial charge in [0.25, 0.3) is 5.79 Å². The van der Waals surface area contributed by atoms with Crippen molar-refractivity contribution in [3.8, 4) is 0 Å². The first kappa shape index (κ1) is 14.5. The third-order valence-electron chi connectivity index (χ3n) is 4.33. The third kappa shape index (κ3) is 2.34. The van der Waals surface area contributed by atoms with Gasteiger partial charge < -0.3 is 9.47 Å². The Morgan fingerprint density at radius 2 is 1.86 bits per heavy atom. The molecule has 0 amide bonds. The minimum Gasteiger partial charge on any atom is -0.337 e. The van der Waals surface area contributed by atoms with Gasteiger partial charge in [0.05, 0.1) is 12.2 Å². The molecule has 1 fully saturated rings. The van der Waals surface area contributed by atoms with E-state index in [1.165, 1.54) is 0 Å². The van der Waals surface area contributed by atoms with E-state index in [-0.39, 0.29) is 11.4 Å². The molecule has 1 atom stereocenters. The minimum absolute atomic E-state index is 0.0744. The summed E-state index contributed by atoms with van der Waals surface area (Å²) in [5, 5.41) is 0. The highest BCUT2D eigenvalue weighted by Gasteiger charge is 2.54. The van der Waals surface area contributed by atoms with Gasteiger partial charge in [0.1, 0.15) is 0 Å². The molecule has 3 heteroatoms. The maximum absolute atomic E-state index is 12.8. The van der Waals surface area contributed by atoms with Gasteiger partial charge in [0.2, 0.25) is 5.78 Å². The maximum atomic E-state index is 12.8. The van der Waals surface area contributed by atoms with Crippen LogP contribution in [0, 0.1) is 0 Å². The molecule has 1 heterocycles. The lowest BCUT2D eigenvalue weighted by Gasteiger charge is -2.31. The Balaban J connectivity index is 1.93. The van der Waals surface area contributed by atoms with Gasteiger partial charge in [-0.2, -0.15) is 0 Å². The van der Waals surface area contributed by atoms with Gasteiger partial charge in [-0.25, -0.2) is 0 Å². The number of Topliss-reactive ketones (excluding diaryl/α,β-unsaturated/α-hetero) is 1. The molecule has 0 bridgehead atoms. The summed E-state index contributed by atoms with van der Waals surface area (Å²) in [5.41, 5.74) is 1.29. The average Bonchev–Trinajstić information content (AvgIpc) is 2.85. The van der Waals surface area contributed by atoms with Crippen LogP contribution in [0.4, 0.5) is 0 Å². The Kier molecular flexibility index (Phi) is 3.72. The Hall–Kier alpha value is -1.45. The number of fused-ring (bicyclic) bond motifs is 1. The summed E-state index contributed by atoms with van der Waals surface area (Å²) in [6.07, 6.45) is 7.61. The zero-order chi connectivity index (χ0) is 14.9. The Morgan fingerprint density at radius 3 is 2.57 bits per heavy atom. The number of benzene rings is 1. The molecule has 1 aromatic rings. The van der Waals surface area contributed by atoms with Crippen LogP contribution in [0.1, 0.15) is 55.5 Å². The largest absolute Gasteiger partial charge is 0.337 e. The molecule has 2 aliphatic rings. The highest BCUT2D eigenvalue weighted by Crippen LogP contribution is 2.42. The van der Waals surface area contributed by atoms with Gasteiger partial charge in [-0.1, -0.05) is 57.0 Å². The predicted octanol–water partition coefficient (Wildman–Crippen LogP) is 3.98. The van der Waals surface area contributed by atoms with Crippen molar-refractivity contribution in [2.75, 3.05) is 6.61 Å². The van der Waals surface area contributed by atoms with E-state index in [1.807, 2.05) is 30.3 Å². The van der Waals surface area contributed by atoms with Crippen LogP contribution in [0.2, 0.25) is 0 Å². The molecule has 0 radical (unpaired) electrons. The number of carbonyl (C=O) groups is 1. The molecule has 1 aliphatic carbocycles. The van der Waals surface area contributed by atoms with Crippen molar-refractivity contribution in [1.82, 2.24) is 0 Å². The molecule has 3 rings (SSSR count). The summed E-state index contributed by atoms with van der Waals surface area (Å²) in [5.74, 6) is -1.28. The van der Waals surface area contributed by atoms with Crippen molar-refractivity contribution < 1.29 is 14.3 Å². The monoisotopic (exact) mass is 286 g/mol. The fourth-order valence-corrected chi connectivity index (χ4v) is 3.41. The molecule has 1 spiro atoms. The summed E-state index contributed by atoms with van der Waals surface area (Å²) >= 11 is 0. The van der Waals surface area contributed by atoms with Crippen molar-refractivity contribution >= 4 is 11.9 Å². The Labute approximate surface area is 125 Å². The predicted molar refractivity (Wildman–Crippen MR) is 82.1 cm³/mol. The molecule has 0 saturated carbocycles. The van der Waals surface area contributed by atoms with Gasteiger partial charge >= 0.3 is 0 Å². The minimum atomic E-state index is -1.21. The van der Waals surface area contributed by atoms with E-state index >= 15 is 0 Å². The SMILES string of the molecule is CCCC1(CCC)CO[C@]2(C=Cc3ccccc3C2=O)O1. The summed E-state index contributed by atoms with van der Waals surface area (Å²) in [6.45, 7) is 4.77. The second-order valence-electron chi connectivity index (χ2n) is 5.99. The summed E-state index contributed by atoms with van der Waals surface area (Å²) in [6, 6.07) is 7.60. The van der Waals surface area contributed by atoms with Crippen LogP contribution >= 0.6 is 0 Å². The average molecular weight is 286 g/mol. The molecule has 112 valence electrons. The first-order chi connectivity index (χ1) is 10.1. The molecule has 0 aromatic heterocycles. The van der Waals surface area contributed by atoms with Crippen LogP contribution in [0.15, 0.2) is 30.3 Å². The van der Waals surface area contributed by atoms with Crippen molar-refractivity contribution in [2.24, 2.45) is 0 Å². The van der Waals surface area contributed by atoms with E-state index in [2.05, 4.69) is 13.8 Å². The summed E-state index contributed by atoms with van der Waals surface area (Å²) in [4.78, 5) is 12.8. The van der Waals surface area contributed by atoms with E-state index in [0.717, 1.165) is 31.2 Å². The lowest BCUT2D eigenvalue weighted by Crippen LogP contribution is -2.43. The Bertz CT molecular complexity index is 570. The molecule has 0 unspecified atom stereocenters. The van der Waals surface area contributed by atoms with Gasteiger partial charge in [0.15, 0.2) is 0 Å². The zero-order valence-electron chi connectivity index (χ0n) is 12.7. The van der Waals surface area contributed by atoms with Gasteiger partial charge in [-0.15, -0.1) is 0 Å². The second kappa shape index (κ2) is 5.39. The van der Waals surface area contributed by atoms with Crippen molar-refractivity contribution in [1.29, 1.82) is 0 Å². The lowest BCUT2D eigenvalue weighted by atomic mass is 9.91. The number of hydrogen-bond donors (Lipinski definition) is 0. The van der Waals surface area contributed by atoms with E-state index in [4.69, 9.17) is 9.47 Å². The molecule has 1 aliphatic heterocycles. The van der Waals surface area contributed by atoms with Gasteiger partial charge in [0, 0.05) is 5.56 Å². The molecule has 1 aromatic carbocycles. The van der Waals surface area contributed by atoms with E-state index in [9.17, 15) is 4.79 Å². The fraction of sp³-hybridized carbons (Fsp3) is 0.500. The zero-order valence-corrected chi connectivity index (χ0v) is 12.7. The molecule has 21 heavy (non-hydrogen) atoms. The second-order valence-corrected chi connectivity index (χ2v) is 5.99. The van der Waals surface area contributed by atoms with Crippen LogP contribution < -0.4 is 0 Å². The molecular formula is C18H22O3. The fourth-order valence-electron chi connectivity index (χ4n) is 3.41. The molecular weight excluding hydrogens is 264 g/mol. The first-order valence-corrected chi connectivity index (χ1v) is 7.82. The number of ketones is 1. The highest BCUT2D eigenvalue weighted by atomic mass is 16.8. The quantitative estimate of drug-likeness (QED) is 0.840. The van der Waals surface area contributed by atoms with E-state index < -0.39 is 5.79 Å². The van der Waals surface area contributed by atoms with Crippen LogP contribution in [0.25, 0.3) is 6.08 Å². The molecule has 3 nitrogen and oxygen atoms in total. The van der Waals surface area contributed by atoms with Crippen LogP contribution in [-0.2, 0) is 9.47 Å². The first-order valence-electron chi connectivity index (χ1n) is 7.82. The van der Waals surface area contributed by atoms with Gasteiger partial charge in [-0.05, 0) is 24.5 Å². The normalized spacial score (nSPS) is 26.3. The number of carbonyl (C=O) groups excluding carboxylic acids is 1. The van der Waals surface area contributed by atoms with Crippen LogP contribution in [0.5, 0.6) is 0 Å². The maximum Gasteiger partial charge on any atom is 0.255 e.